The first kappa shape index (κ1) is 19.7. The predicted octanol–water partition coefficient (Wildman–Crippen LogP) is 6.00. The predicted molar refractivity (Wildman–Crippen MR) is 108 cm³/mol. The lowest BCUT2D eigenvalue weighted by molar-refractivity contribution is 0.141. The van der Waals surface area contributed by atoms with Crippen molar-refractivity contribution in [3.05, 3.63) is 53.1 Å². The van der Waals surface area contributed by atoms with Crippen molar-refractivity contribution in [1.82, 2.24) is 9.55 Å². The molecule has 1 heterocycles. The topological polar surface area (TPSA) is 44.1 Å². The standard InChI is InChI=1S/C23H32N2O2/c1-17-9-7-13-21(18(17)2)19(3)22-24-14-15-25(22)23(26)27-16-8-12-20-10-5-4-6-11-20/h7,9,13-15,19-20H,4-6,8,10-12,16H2,1-3H3/t19-/m0/s1. The highest BCUT2D eigenvalue weighted by molar-refractivity contribution is 5.71. The molecule has 0 N–H and O–H groups in total. The largest absolute Gasteiger partial charge is 0.449 e. The van der Waals surface area contributed by atoms with Gasteiger partial charge in [0.05, 0.1) is 6.61 Å². The van der Waals surface area contributed by atoms with Gasteiger partial charge in [-0.15, -0.1) is 0 Å². The van der Waals surface area contributed by atoms with E-state index in [4.69, 9.17) is 4.74 Å². The first-order valence-corrected chi connectivity index (χ1v) is 10.3. The summed E-state index contributed by atoms with van der Waals surface area (Å²) in [5, 5.41) is 0. The first-order chi connectivity index (χ1) is 13.1. The Morgan fingerprint density at radius 2 is 2.04 bits per heavy atom. The Balaban J connectivity index is 1.58. The Bertz CT molecular complexity index is 759. The molecule has 0 unspecified atom stereocenters. The molecule has 146 valence electrons. The zero-order valence-electron chi connectivity index (χ0n) is 16.9. The van der Waals surface area contributed by atoms with Gasteiger partial charge in [-0.3, -0.25) is 0 Å². The maximum atomic E-state index is 12.6. The second-order valence-electron chi connectivity index (χ2n) is 7.93. The summed E-state index contributed by atoms with van der Waals surface area (Å²) in [5.41, 5.74) is 3.70. The van der Waals surface area contributed by atoms with E-state index in [1.807, 2.05) is 0 Å². The Morgan fingerprint density at radius 1 is 1.26 bits per heavy atom. The molecule has 1 fully saturated rings. The lowest BCUT2D eigenvalue weighted by Gasteiger charge is -2.21. The molecule has 3 rings (SSSR count). The van der Waals surface area contributed by atoms with Crippen LogP contribution < -0.4 is 0 Å². The number of aromatic nitrogens is 2. The van der Waals surface area contributed by atoms with Gasteiger partial charge in [0.25, 0.3) is 0 Å². The normalized spacial score (nSPS) is 16.3. The summed E-state index contributed by atoms with van der Waals surface area (Å²) in [6.45, 7) is 6.82. The highest BCUT2D eigenvalue weighted by atomic mass is 16.5. The molecule has 1 aromatic carbocycles. The van der Waals surface area contributed by atoms with Gasteiger partial charge in [0.2, 0.25) is 0 Å². The number of benzene rings is 1. The van der Waals surface area contributed by atoms with Crippen molar-refractivity contribution < 1.29 is 9.53 Å². The van der Waals surface area contributed by atoms with Crippen molar-refractivity contribution >= 4 is 6.09 Å². The van der Waals surface area contributed by atoms with Gasteiger partial charge in [-0.1, -0.05) is 57.2 Å². The van der Waals surface area contributed by atoms with E-state index in [1.165, 1.54) is 55.2 Å². The molecule has 27 heavy (non-hydrogen) atoms. The minimum atomic E-state index is -0.316. The van der Waals surface area contributed by atoms with Crippen molar-refractivity contribution in [2.24, 2.45) is 5.92 Å². The van der Waals surface area contributed by atoms with Crippen molar-refractivity contribution in [2.75, 3.05) is 6.61 Å². The van der Waals surface area contributed by atoms with Crippen LogP contribution in [0.2, 0.25) is 0 Å². The van der Waals surface area contributed by atoms with E-state index in [0.717, 1.165) is 18.2 Å². The van der Waals surface area contributed by atoms with E-state index in [9.17, 15) is 4.79 Å². The maximum absolute atomic E-state index is 12.6. The summed E-state index contributed by atoms with van der Waals surface area (Å²) in [5.74, 6) is 1.60. The number of imidazole rings is 1. The zero-order valence-corrected chi connectivity index (χ0v) is 16.9. The molecule has 0 amide bonds. The Labute approximate surface area is 163 Å². The number of nitrogens with zero attached hydrogens (tertiary/aromatic N) is 2. The van der Waals surface area contributed by atoms with Gasteiger partial charge in [-0.2, -0.15) is 0 Å². The summed E-state index contributed by atoms with van der Waals surface area (Å²) in [7, 11) is 0. The van der Waals surface area contributed by atoms with Gasteiger partial charge < -0.3 is 4.74 Å². The second kappa shape index (κ2) is 9.20. The summed E-state index contributed by atoms with van der Waals surface area (Å²) in [6.07, 6.45) is 12.0. The van der Waals surface area contributed by atoms with Crippen molar-refractivity contribution in [2.45, 2.75) is 71.6 Å². The monoisotopic (exact) mass is 368 g/mol. The van der Waals surface area contributed by atoms with Gasteiger partial charge >= 0.3 is 6.09 Å². The number of rotatable bonds is 6. The van der Waals surface area contributed by atoms with E-state index in [2.05, 4.69) is 44.0 Å². The fourth-order valence-electron chi connectivity index (χ4n) is 4.25. The summed E-state index contributed by atoms with van der Waals surface area (Å²) in [4.78, 5) is 17.0. The minimum absolute atomic E-state index is 0.0367. The van der Waals surface area contributed by atoms with Crippen molar-refractivity contribution in [1.29, 1.82) is 0 Å². The van der Waals surface area contributed by atoms with Crippen LogP contribution in [0.5, 0.6) is 0 Å². The summed E-state index contributed by atoms with van der Waals surface area (Å²) >= 11 is 0. The number of aryl methyl sites for hydroxylation is 1. The Morgan fingerprint density at radius 3 is 2.81 bits per heavy atom. The molecule has 1 aliphatic rings. The van der Waals surface area contributed by atoms with Gasteiger partial charge in [0.1, 0.15) is 5.82 Å². The van der Waals surface area contributed by atoms with Crippen LogP contribution in [0, 0.1) is 19.8 Å². The van der Waals surface area contributed by atoms with E-state index in [0.29, 0.717) is 6.61 Å². The van der Waals surface area contributed by atoms with Crippen LogP contribution in [-0.2, 0) is 4.74 Å². The second-order valence-corrected chi connectivity index (χ2v) is 7.93. The molecular weight excluding hydrogens is 336 g/mol. The molecule has 4 nitrogen and oxygen atoms in total. The van der Waals surface area contributed by atoms with Crippen LogP contribution in [0.15, 0.2) is 30.6 Å². The fourth-order valence-corrected chi connectivity index (χ4v) is 4.25. The highest BCUT2D eigenvalue weighted by Crippen LogP contribution is 2.28. The van der Waals surface area contributed by atoms with Crippen molar-refractivity contribution in [3.63, 3.8) is 0 Å². The number of hydrogen-bond donors (Lipinski definition) is 0. The highest BCUT2D eigenvalue weighted by Gasteiger charge is 2.21. The van der Waals surface area contributed by atoms with Crippen LogP contribution >= 0.6 is 0 Å². The number of ether oxygens (including phenoxy) is 1. The molecule has 0 aliphatic heterocycles. The van der Waals surface area contributed by atoms with Crippen LogP contribution in [-0.4, -0.2) is 22.3 Å². The molecule has 0 spiro atoms. The molecule has 4 heteroatoms. The van der Waals surface area contributed by atoms with Crippen LogP contribution in [0.4, 0.5) is 4.79 Å². The van der Waals surface area contributed by atoms with Gasteiger partial charge in [-0.25, -0.2) is 14.3 Å². The van der Waals surface area contributed by atoms with Gasteiger partial charge in [0, 0.05) is 18.3 Å². The lowest BCUT2D eigenvalue weighted by atomic mass is 9.86. The third-order valence-corrected chi connectivity index (χ3v) is 6.07. The molecule has 1 aromatic heterocycles. The fraction of sp³-hybridized carbons (Fsp3) is 0.565. The Hall–Kier alpha value is -2.10. The average molecular weight is 369 g/mol. The molecule has 0 bridgehead atoms. The lowest BCUT2D eigenvalue weighted by Crippen LogP contribution is -2.19. The summed E-state index contributed by atoms with van der Waals surface area (Å²) < 4.78 is 7.10. The summed E-state index contributed by atoms with van der Waals surface area (Å²) in [6, 6.07) is 6.28. The molecule has 1 saturated carbocycles. The SMILES string of the molecule is Cc1cccc([C@H](C)c2nccn2C(=O)OCCCC2CCCCC2)c1C. The molecule has 0 radical (unpaired) electrons. The smallest absolute Gasteiger partial charge is 0.419 e. The third-order valence-electron chi connectivity index (χ3n) is 6.07. The van der Waals surface area contributed by atoms with E-state index < -0.39 is 0 Å². The van der Waals surface area contributed by atoms with Crippen LogP contribution in [0.25, 0.3) is 0 Å². The van der Waals surface area contributed by atoms with E-state index >= 15 is 0 Å². The molecular formula is C23H32N2O2. The van der Waals surface area contributed by atoms with E-state index in [-0.39, 0.29) is 12.0 Å². The number of hydrogen-bond acceptors (Lipinski definition) is 3. The van der Waals surface area contributed by atoms with Crippen molar-refractivity contribution in [3.8, 4) is 0 Å². The third kappa shape index (κ3) is 4.79. The minimum Gasteiger partial charge on any atom is -0.449 e. The van der Waals surface area contributed by atoms with Gasteiger partial charge in [-0.05, 0) is 49.3 Å². The molecule has 2 aromatic rings. The molecule has 0 saturated heterocycles. The van der Waals surface area contributed by atoms with Crippen LogP contribution in [0.3, 0.4) is 0 Å². The van der Waals surface area contributed by atoms with E-state index in [1.54, 1.807) is 17.0 Å². The molecule has 1 aliphatic carbocycles. The quantitative estimate of drug-likeness (QED) is 0.588. The number of carbonyl (C=O) groups is 1. The Kier molecular flexibility index (Phi) is 6.70. The maximum Gasteiger partial charge on any atom is 0.419 e. The van der Waals surface area contributed by atoms with Gasteiger partial charge in [0.15, 0.2) is 0 Å². The first-order valence-electron chi connectivity index (χ1n) is 10.3. The average Bonchev–Trinajstić information content (AvgIpc) is 3.17. The van der Waals surface area contributed by atoms with Crippen LogP contribution in [0.1, 0.15) is 80.3 Å². The zero-order chi connectivity index (χ0) is 19.2. The molecule has 1 atom stereocenters. The number of carbonyl (C=O) groups excluding carboxylic acids is 1.